The summed E-state index contributed by atoms with van der Waals surface area (Å²) in [6, 6.07) is 6.98. The molecule has 0 spiro atoms. The molecule has 156 valence electrons. The number of ether oxygens (including phenoxy) is 1. The lowest BCUT2D eigenvalue weighted by Crippen LogP contribution is -2.46. The molecule has 2 rings (SSSR count). The molecule has 1 fully saturated rings. The van der Waals surface area contributed by atoms with E-state index in [1.54, 1.807) is 14.0 Å². The van der Waals surface area contributed by atoms with E-state index in [0.29, 0.717) is 19.4 Å². The molecule has 1 aliphatic heterocycles. The lowest BCUT2D eigenvalue weighted by Gasteiger charge is -2.29. The predicted molar refractivity (Wildman–Crippen MR) is 109 cm³/mol. The van der Waals surface area contributed by atoms with Gasteiger partial charge < -0.3 is 24.9 Å². The zero-order valence-corrected chi connectivity index (χ0v) is 17.2. The van der Waals surface area contributed by atoms with Crippen molar-refractivity contribution in [2.45, 2.75) is 64.0 Å². The van der Waals surface area contributed by atoms with Gasteiger partial charge in [-0.15, -0.1) is 0 Å². The maximum absolute atomic E-state index is 12.4. The molecule has 2 N–H and O–H groups in total. The zero-order chi connectivity index (χ0) is 20.4. The number of unbranched alkanes of at least 4 members (excludes halogenated alkanes) is 2. The number of nitrogens with zero attached hydrogens (tertiary/aromatic N) is 1. The van der Waals surface area contributed by atoms with Crippen LogP contribution in [0.4, 0.5) is 0 Å². The first-order chi connectivity index (χ1) is 13.5. The van der Waals surface area contributed by atoms with Crippen LogP contribution in [0.3, 0.4) is 0 Å². The molecule has 28 heavy (non-hydrogen) atoms. The van der Waals surface area contributed by atoms with Gasteiger partial charge in [-0.2, -0.15) is 0 Å². The van der Waals surface area contributed by atoms with Crippen LogP contribution in [0, 0.1) is 0 Å². The summed E-state index contributed by atoms with van der Waals surface area (Å²) < 4.78 is 5.18. The molecular weight excluding hydrogens is 356 g/mol. The largest absolute Gasteiger partial charge is 0.497 e. The maximum atomic E-state index is 12.4. The number of Topliss-reactive ketones (excluding diaryl/α,β-unsaturated/α-hetero) is 1. The van der Waals surface area contributed by atoms with Gasteiger partial charge in [0.1, 0.15) is 17.6 Å². The molecule has 1 aromatic carbocycles. The highest BCUT2D eigenvalue weighted by Gasteiger charge is 2.26. The minimum absolute atomic E-state index is 0.0421. The molecule has 1 amide bonds. The highest BCUT2D eigenvalue weighted by molar-refractivity contribution is 5.76. The second-order valence-electron chi connectivity index (χ2n) is 7.66. The van der Waals surface area contributed by atoms with Crippen molar-refractivity contribution in [3.8, 4) is 5.75 Å². The van der Waals surface area contributed by atoms with Gasteiger partial charge >= 0.3 is 0 Å². The van der Waals surface area contributed by atoms with Crippen LogP contribution in [-0.2, 0) is 9.59 Å². The number of ketones is 1. The number of rotatable bonds is 12. The quantitative estimate of drug-likeness (QED) is 0.537. The molecule has 2 atom stereocenters. The Morgan fingerprint density at radius 3 is 2.36 bits per heavy atom. The molecular formula is C22H34N2O4. The molecule has 0 saturated carbocycles. The topological polar surface area (TPSA) is 78.9 Å². The Balaban J connectivity index is 1.91. The number of carbonyl (C=O) groups excluding carboxylic acids is 2. The van der Waals surface area contributed by atoms with Gasteiger partial charge in [0, 0.05) is 19.4 Å². The van der Waals surface area contributed by atoms with Gasteiger partial charge in [-0.25, -0.2) is 0 Å². The van der Waals surface area contributed by atoms with Crippen molar-refractivity contribution in [2.75, 3.05) is 26.7 Å². The second kappa shape index (κ2) is 11.8. The van der Waals surface area contributed by atoms with Crippen molar-refractivity contribution < 1.29 is 19.4 Å². The summed E-state index contributed by atoms with van der Waals surface area (Å²) in [6.45, 7) is 4.25. The summed E-state index contributed by atoms with van der Waals surface area (Å²) in [5.41, 5.74) is 0.770. The number of amides is 1. The van der Waals surface area contributed by atoms with E-state index in [9.17, 15) is 14.7 Å². The van der Waals surface area contributed by atoms with Gasteiger partial charge in [-0.1, -0.05) is 18.6 Å². The van der Waals surface area contributed by atoms with Crippen LogP contribution in [-0.4, -0.2) is 54.5 Å². The predicted octanol–water partition coefficient (Wildman–Crippen LogP) is 2.85. The summed E-state index contributed by atoms with van der Waals surface area (Å²) in [7, 11) is 1.61. The lowest BCUT2D eigenvalue weighted by molar-refractivity contribution is -0.123. The van der Waals surface area contributed by atoms with E-state index in [1.165, 1.54) is 0 Å². The third-order valence-corrected chi connectivity index (χ3v) is 5.27. The van der Waals surface area contributed by atoms with Crippen LogP contribution < -0.4 is 10.1 Å². The van der Waals surface area contributed by atoms with E-state index in [-0.39, 0.29) is 17.7 Å². The highest BCUT2D eigenvalue weighted by Crippen LogP contribution is 2.22. The number of hydrogen-bond donors (Lipinski definition) is 2. The van der Waals surface area contributed by atoms with Crippen molar-refractivity contribution in [1.29, 1.82) is 0 Å². The van der Waals surface area contributed by atoms with Crippen LogP contribution in [0.1, 0.15) is 63.5 Å². The summed E-state index contributed by atoms with van der Waals surface area (Å²) in [5.74, 6) is 0.888. The average molecular weight is 391 g/mol. The standard InChI is InChI=1S/C22H34N2O4/c1-17(25)8-4-3-5-9-21(26)23-20(16-24-14-6-7-15-24)22(27)18-10-12-19(28-2)13-11-18/h10-13,20,22,27H,3-9,14-16H2,1-2H3,(H,23,26)/t20?,22-/m1/s1. The summed E-state index contributed by atoms with van der Waals surface area (Å²) in [6.07, 6.45) is 5.00. The molecule has 1 heterocycles. The fourth-order valence-corrected chi connectivity index (χ4v) is 3.62. The van der Waals surface area contributed by atoms with E-state index >= 15 is 0 Å². The Kier molecular flexibility index (Phi) is 9.44. The van der Waals surface area contributed by atoms with Gasteiger partial charge in [0.15, 0.2) is 0 Å². The minimum atomic E-state index is -0.770. The summed E-state index contributed by atoms with van der Waals surface area (Å²) in [5, 5.41) is 13.9. The Hall–Kier alpha value is -1.92. The molecule has 0 aliphatic carbocycles. The van der Waals surface area contributed by atoms with Crippen molar-refractivity contribution >= 4 is 11.7 Å². The lowest BCUT2D eigenvalue weighted by atomic mass is 10.0. The van der Waals surface area contributed by atoms with E-state index < -0.39 is 6.10 Å². The van der Waals surface area contributed by atoms with Crippen molar-refractivity contribution in [2.24, 2.45) is 0 Å². The van der Waals surface area contributed by atoms with Gasteiger partial charge in [0.05, 0.1) is 13.2 Å². The van der Waals surface area contributed by atoms with Crippen LogP contribution in [0.15, 0.2) is 24.3 Å². The van der Waals surface area contributed by atoms with Gasteiger partial charge in [0.25, 0.3) is 0 Å². The Labute approximate surface area is 168 Å². The minimum Gasteiger partial charge on any atom is -0.497 e. The Morgan fingerprint density at radius 2 is 1.75 bits per heavy atom. The zero-order valence-electron chi connectivity index (χ0n) is 17.2. The summed E-state index contributed by atoms with van der Waals surface area (Å²) >= 11 is 0. The number of aliphatic hydroxyl groups excluding tert-OH is 1. The normalized spacial score (nSPS) is 16.5. The molecule has 1 aliphatic rings. The monoisotopic (exact) mass is 390 g/mol. The second-order valence-corrected chi connectivity index (χ2v) is 7.66. The Morgan fingerprint density at radius 1 is 1.11 bits per heavy atom. The van der Waals surface area contributed by atoms with E-state index in [0.717, 1.165) is 56.5 Å². The van der Waals surface area contributed by atoms with Crippen molar-refractivity contribution in [3.63, 3.8) is 0 Å². The Bertz CT molecular complexity index is 611. The molecule has 1 unspecified atom stereocenters. The maximum Gasteiger partial charge on any atom is 0.220 e. The number of methoxy groups -OCH3 is 1. The van der Waals surface area contributed by atoms with Crippen LogP contribution >= 0.6 is 0 Å². The van der Waals surface area contributed by atoms with Crippen molar-refractivity contribution in [3.05, 3.63) is 29.8 Å². The van der Waals surface area contributed by atoms with Gasteiger partial charge in [-0.3, -0.25) is 4.79 Å². The van der Waals surface area contributed by atoms with E-state index in [4.69, 9.17) is 4.74 Å². The fourth-order valence-electron chi connectivity index (χ4n) is 3.62. The average Bonchev–Trinajstić information content (AvgIpc) is 3.19. The van der Waals surface area contributed by atoms with Crippen LogP contribution in [0.5, 0.6) is 5.75 Å². The number of carbonyl (C=O) groups is 2. The first kappa shape index (κ1) is 22.4. The summed E-state index contributed by atoms with van der Waals surface area (Å²) in [4.78, 5) is 25.7. The number of benzene rings is 1. The number of nitrogens with one attached hydrogen (secondary N) is 1. The van der Waals surface area contributed by atoms with E-state index in [2.05, 4.69) is 10.2 Å². The number of hydrogen-bond acceptors (Lipinski definition) is 5. The smallest absolute Gasteiger partial charge is 0.220 e. The molecule has 6 heteroatoms. The number of likely N-dealkylation sites (tertiary alicyclic amines) is 1. The van der Waals surface area contributed by atoms with Gasteiger partial charge in [0.2, 0.25) is 5.91 Å². The SMILES string of the molecule is COc1ccc([C@@H](O)C(CN2CCCC2)NC(=O)CCCCCC(C)=O)cc1. The van der Waals surface area contributed by atoms with Crippen molar-refractivity contribution in [1.82, 2.24) is 10.2 Å². The van der Waals surface area contributed by atoms with Crippen LogP contribution in [0.25, 0.3) is 0 Å². The molecule has 1 aromatic rings. The molecule has 0 aromatic heterocycles. The molecule has 0 radical (unpaired) electrons. The third kappa shape index (κ3) is 7.60. The molecule has 6 nitrogen and oxygen atoms in total. The van der Waals surface area contributed by atoms with E-state index in [1.807, 2.05) is 24.3 Å². The highest BCUT2D eigenvalue weighted by atomic mass is 16.5. The third-order valence-electron chi connectivity index (χ3n) is 5.27. The molecule has 0 bridgehead atoms. The van der Waals surface area contributed by atoms with Gasteiger partial charge in [-0.05, 0) is 63.4 Å². The number of aliphatic hydroxyl groups is 1. The first-order valence-corrected chi connectivity index (χ1v) is 10.3. The first-order valence-electron chi connectivity index (χ1n) is 10.3. The fraction of sp³-hybridized carbons (Fsp3) is 0.636. The van der Waals surface area contributed by atoms with Crippen LogP contribution in [0.2, 0.25) is 0 Å². The molecule has 1 saturated heterocycles.